The quantitative estimate of drug-likeness (QED) is 0.821. The maximum Gasteiger partial charge on any atom is 0.245 e. The molecule has 5 heteroatoms. The molecule has 1 aromatic rings. The molecule has 0 radical (unpaired) electrons. The van der Waals surface area contributed by atoms with E-state index >= 15 is 0 Å². The van der Waals surface area contributed by atoms with Crippen LogP contribution in [0.5, 0.6) is 0 Å². The van der Waals surface area contributed by atoms with Crippen molar-refractivity contribution < 1.29 is 8.42 Å². The number of anilines is 1. The average Bonchev–Trinajstić information content (AvgIpc) is 2.39. The Morgan fingerprint density at radius 2 is 1.85 bits per heavy atom. The van der Waals surface area contributed by atoms with Gasteiger partial charge in [-0.1, -0.05) is 33.3 Å². The monoisotopic (exact) mass is 298 g/mol. The molecule has 20 heavy (non-hydrogen) atoms. The number of hydrogen-bond donors (Lipinski definition) is 1. The first kappa shape index (κ1) is 17.0. The van der Waals surface area contributed by atoms with E-state index in [1.165, 1.54) is 4.31 Å². The number of nitrogens with zero attached hydrogens (tertiary/aromatic N) is 1. The highest BCUT2D eigenvalue weighted by molar-refractivity contribution is 7.89. The highest BCUT2D eigenvalue weighted by Gasteiger charge is 2.28. The minimum atomic E-state index is -3.53. The van der Waals surface area contributed by atoms with Gasteiger partial charge in [0.2, 0.25) is 10.0 Å². The Hall–Kier alpha value is -1.07. The van der Waals surface area contributed by atoms with E-state index in [-0.39, 0.29) is 4.90 Å². The summed E-state index contributed by atoms with van der Waals surface area (Å²) in [6.07, 6.45) is 0.953. The molecule has 0 aliphatic rings. The van der Waals surface area contributed by atoms with Crippen molar-refractivity contribution in [3.8, 4) is 0 Å². The summed E-state index contributed by atoms with van der Waals surface area (Å²) in [7, 11) is -3.53. The Balaban J connectivity index is 3.31. The van der Waals surface area contributed by atoms with Gasteiger partial charge in [-0.05, 0) is 37.0 Å². The maximum absolute atomic E-state index is 12.9. The van der Waals surface area contributed by atoms with Crippen LogP contribution in [0.25, 0.3) is 0 Å². The van der Waals surface area contributed by atoms with Crippen molar-refractivity contribution in [2.24, 2.45) is 5.92 Å². The summed E-state index contributed by atoms with van der Waals surface area (Å²) < 4.78 is 27.2. The second-order valence-corrected chi connectivity index (χ2v) is 7.27. The zero-order chi connectivity index (χ0) is 15.5. The van der Waals surface area contributed by atoms with Gasteiger partial charge in [0.05, 0.1) is 5.69 Å². The lowest BCUT2D eigenvalue weighted by Gasteiger charge is -2.25. The molecule has 1 aromatic carbocycles. The molecule has 114 valence electrons. The Morgan fingerprint density at radius 1 is 1.25 bits per heavy atom. The fourth-order valence-electron chi connectivity index (χ4n) is 2.16. The van der Waals surface area contributed by atoms with Gasteiger partial charge in [0.1, 0.15) is 4.90 Å². The molecule has 0 aromatic heterocycles. The summed E-state index contributed by atoms with van der Waals surface area (Å²) in [4.78, 5) is 0.266. The number of sulfonamides is 1. The predicted molar refractivity (Wildman–Crippen MR) is 84.2 cm³/mol. The van der Waals surface area contributed by atoms with Gasteiger partial charge in [-0.25, -0.2) is 8.42 Å². The summed E-state index contributed by atoms with van der Waals surface area (Å²) in [5, 5.41) is 0. The first-order chi connectivity index (χ1) is 9.25. The van der Waals surface area contributed by atoms with Gasteiger partial charge in [0, 0.05) is 13.1 Å². The molecule has 4 nitrogen and oxygen atoms in total. The van der Waals surface area contributed by atoms with Crippen LogP contribution in [0, 0.1) is 19.8 Å². The summed E-state index contributed by atoms with van der Waals surface area (Å²) in [5.74, 6) is 0.330. The molecule has 2 N–H and O–H groups in total. The van der Waals surface area contributed by atoms with Crippen molar-refractivity contribution >= 4 is 15.7 Å². The van der Waals surface area contributed by atoms with Gasteiger partial charge >= 0.3 is 0 Å². The molecule has 0 aliphatic heterocycles. The largest absolute Gasteiger partial charge is 0.398 e. The summed E-state index contributed by atoms with van der Waals surface area (Å²) in [6, 6.07) is 3.53. The highest BCUT2D eigenvalue weighted by atomic mass is 32.2. The van der Waals surface area contributed by atoms with Gasteiger partial charge < -0.3 is 5.73 Å². The van der Waals surface area contributed by atoms with Crippen LogP contribution in [0.3, 0.4) is 0 Å². The number of benzene rings is 1. The Labute approximate surface area is 123 Å². The Kier molecular flexibility index (Phi) is 5.59. The lowest BCUT2D eigenvalue weighted by atomic mass is 10.1. The molecule has 1 unspecified atom stereocenters. The van der Waals surface area contributed by atoms with Crippen molar-refractivity contribution in [3.05, 3.63) is 23.3 Å². The standard InChI is InChI=1S/C15H26N2O2S/c1-6-11(3)10-17(7-2)20(18,19)15-13(5)12(4)8-9-14(15)16/h8-9,11H,6-7,10,16H2,1-5H3. The molecule has 1 rings (SSSR count). The topological polar surface area (TPSA) is 63.4 Å². The number of nitrogen functional groups attached to an aromatic ring is 1. The number of rotatable bonds is 6. The van der Waals surface area contributed by atoms with Crippen molar-refractivity contribution in [1.29, 1.82) is 0 Å². The maximum atomic E-state index is 12.9. The van der Waals surface area contributed by atoms with E-state index in [4.69, 9.17) is 5.73 Å². The van der Waals surface area contributed by atoms with Crippen LogP contribution in [0.1, 0.15) is 38.3 Å². The van der Waals surface area contributed by atoms with E-state index in [1.54, 1.807) is 6.07 Å². The van der Waals surface area contributed by atoms with Crippen LogP contribution in [0.2, 0.25) is 0 Å². The minimum absolute atomic E-state index is 0.266. The number of aryl methyl sites for hydroxylation is 1. The smallest absolute Gasteiger partial charge is 0.245 e. The molecular weight excluding hydrogens is 272 g/mol. The van der Waals surface area contributed by atoms with E-state index < -0.39 is 10.0 Å². The molecule has 0 bridgehead atoms. The minimum Gasteiger partial charge on any atom is -0.398 e. The summed E-state index contributed by atoms with van der Waals surface area (Å²) in [5.41, 5.74) is 7.94. The van der Waals surface area contributed by atoms with Crippen LogP contribution in [-0.2, 0) is 10.0 Å². The fraction of sp³-hybridized carbons (Fsp3) is 0.600. The van der Waals surface area contributed by atoms with Crippen LogP contribution in [-0.4, -0.2) is 25.8 Å². The predicted octanol–water partition coefficient (Wildman–Crippen LogP) is 2.94. The Morgan fingerprint density at radius 3 is 2.35 bits per heavy atom. The second kappa shape index (κ2) is 6.59. The molecule has 0 saturated heterocycles. The van der Waals surface area contributed by atoms with Crippen molar-refractivity contribution in [2.45, 2.75) is 45.9 Å². The number of hydrogen-bond acceptors (Lipinski definition) is 3. The first-order valence-corrected chi connectivity index (χ1v) is 8.55. The third-order valence-corrected chi connectivity index (χ3v) is 6.01. The van der Waals surface area contributed by atoms with Gasteiger partial charge in [0.25, 0.3) is 0 Å². The van der Waals surface area contributed by atoms with E-state index in [0.29, 0.717) is 24.7 Å². The first-order valence-electron chi connectivity index (χ1n) is 7.11. The molecule has 0 heterocycles. The molecule has 0 amide bonds. The molecule has 0 saturated carbocycles. The molecule has 1 atom stereocenters. The lowest BCUT2D eigenvalue weighted by Crippen LogP contribution is -2.35. The van der Waals surface area contributed by atoms with Gasteiger partial charge in [-0.2, -0.15) is 4.31 Å². The molecule has 0 aliphatic carbocycles. The van der Waals surface area contributed by atoms with Gasteiger partial charge in [0.15, 0.2) is 0 Å². The summed E-state index contributed by atoms with van der Waals surface area (Å²) >= 11 is 0. The van der Waals surface area contributed by atoms with Crippen molar-refractivity contribution in [2.75, 3.05) is 18.8 Å². The van der Waals surface area contributed by atoms with Crippen LogP contribution >= 0.6 is 0 Å². The zero-order valence-corrected chi connectivity index (χ0v) is 13.9. The highest BCUT2D eigenvalue weighted by Crippen LogP contribution is 2.28. The van der Waals surface area contributed by atoms with Gasteiger partial charge in [-0.3, -0.25) is 0 Å². The molecular formula is C15H26N2O2S. The lowest BCUT2D eigenvalue weighted by molar-refractivity contribution is 0.361. The van der Waals surface area contributed by atoms with Crippen molar-refractivity contribution in [3.63, 3.8) is 0 Å². The third-order valence-electron chi connectivity index (χ3n) is 3.87. The number of nitrogens with two attached hydrogens (primary N) is 1. The third kappa shape index (κ3) is 3.33. The van der Waals surface area contributed by atoms with E-state index in [1.807, 2.05) is 26.8 Å². The van der Waals surface area contributed by atoms with Crippen molar-refractivity contribution in [1.82, 2.24) is 4.31 Å². The van der Waals surface area contributed by atoms with Crippen LogP contribution in [0.15, 0.2) is 17.0 Å². The van der Waals surface area contributed by atoms with Gasteiger partial charge in [-0.15, -0.1) is 0 Å². The van der Waals surface area contributed by atoms with E-state index in [2.05, 4.69) is 13.8 Å². The van der Waals surface area contributed by atoms with Crippen LogP contribution < -0.4 is 5.73 Å². The SMILES string of the molecule is CCC(C)CN(CC)S(=O)(=O)c1c(N)ccc(C)c1C. The van der Waals surface area contributed by atoms with E-state index in [0.717, 1.165) is 17.5 Å². The summed E-state index contributed by atoms with van der Waals surface area (Å²) in [6.45, 7) is 10.7. The second-order valence-electron chi connectivity index (χ2n) is 5.39. The Bertz CT molecular complexity index is 567. The van der Waals surface area contributed by atoms with Crippen LogP contribution in [0.4, 0.5) is 5.69 Å². The normalized spacial score (nSPS) is 13.7. The average molecular weight is 298 g/mol. The molecule has 0 fully saturated rings. The molecule has 0 spiro atoms. The van der Waals surface area contributed by atoms with E-state index in [9.17, 15) is 8.42 Å². The zero-order valence-electron chi connectivity index (χ0n) is 13.1. The fourth-order valence-corrected chi connectivity index (χ4v) is 4.12.